The Bertz CT molecular complexity index is 1520. The quantitative estimate of drug-likeness (QED) is 0.225. The molecule has 2 aliphatic heterocycles. The molecule has 3 N–H and O–H groups in total. The lowest BCUT2D eigenvalue weighted by Crippen LogP contribution is -2.57. The van der Waals surface area contributed by atoms with E-state index in [9.17, 15) is 14.7 Å². The van der Waals surface area contributed by atoms with Gasteiger partial charge in [0.1, 0.15) is 30.4 Å². The van der Waals surface area contributed by atoms with E-state index >= 15 is 0 Å². The molecule has 0 spiro atoms. The van der Waals surface area contributed by atoms with Gasteiger partial charge in [0, 0.05) is 48.9 Å². The van der Waals surface area contributed by atoms with Gasteiger partial charge in [0.25, 0.3) is 0 Å². The lowest BCUT2D eigenvalue weighted by Gasteiger charge is -2.39. The van der Waals surface area contributed by atoms with Gasteiger partial charge in [-0.3, -0.25) is 4.90 Å². The summed E-state index contributed by atoms with van der Waals surface area (Å²) in [5.74, 6) is 2.07. The third-order valence-electron chi connectivity index (χ3n) is 8.85. The molecular formula is C36H49N7O4. The van der Waals surface area contributed by atoms with E-state index < -0.39 is 23.6 Å². The van der Waals surface area contributed by atoms with Crippen LogP contribution in [0.25, 0.3) is 0 Å². The number of hydrogen-bond donors (Lipinski definition) is 3. The predicted octanol–water partition coefficient (Wildman–Crippen LogP) is 6.11. The number of nitrogens with one attached hydrogen (secondary N) is 2. The number of aromatic nitrogens is 3. The molecule has 0 radical (unpaired) electrons. The van der Waals surface area contributed by atoms with E-state index in [-0.39, 0.29) is 13.2 Å². The number of aryl methyl sites for hydroxylation is 1. The Morgan fingerprint density at radius 3 is 2.53 bits per heavy atom. The van der Waals surface area contributed by atoms with Gasteiger partial charge >= 0.3 is 12.1 Å². The van der Waals surface area contributed by atoms with Crippen molar-refractivity contribution in [2.45, 2.75) is 90.8 Å². The third-order valence-corrected chi connectivity index (χ3v) is 8.85. The number of hydrogen-bond acceptors (Lipinski definition) is 9. The number of carboxylic acid groups (broad SMARTS) is 1. The maximum Gasteiger partial charge on any atom is 0.411 e. The average Bonchev–Trinajstić information content (AvgIpc) is 3.05. The Hall–Kier alpha value is -4.41. The molecule has 252 valence electrons. The zero-order valence-corrected chi connectivity index (χ0v) is 28.3. The number of carbonyl (C=O) groups excluding carboxylic acids is 1. The highest BCUT2D eigenvalue weighted by molar-refractivity contribution is 5.81. The summed E-state index contributed by atoms with van der Waals surface area (Å²) >= 11 is 0. The molecule has 1 saturated heterocycles. The number of aliphatic carboxylic acids is 1. The second kappa shape index (κ2) is 15.0. The highest BCUT2D eigenvalue weighted by Crippen LogP contribution is 2.34. The fraction of sp³-hybridized carbons (Fsp3) is 0.528. The number of ether oxygens (including phenoxy) is 1. The highest BCUT2D eigenvalue weighted by Gasteiger charge is 2.39. The molecule has 0 aliphatic carbocycles. The molecule has 4 heterocycles. The second-order valence-electron chi connectivity index (χ2n) is 14.0. The molecule has 2 aromatic heterocycles. The molecule has 3 aromatic rings. The van der Waals surface area contributed by atoms with Gasteiger partial charge < -0.3 is 25.4 Å². The smallest absolute Gasteiger partial charge is 0.411 e. The summed E-state index contributed by atoms with van der Waals surface area (Å²) < 4.78 is 5.60. The van der Waals surface area contributed by atoms with Gasteiger partial charge in [-0.2, -0.15) is 0 Å². The van der Waals surface area contributed by atoms with Crippen molar-refractivity contribution in [3.63, 3.8) is 0 Å². The normalized spacial score (nSPS) is 15.8. The molecule has 11 nitrogen and oxygen atoms in total. The zero-order chi connectivity index (χ0) is 33.6. The Labute approximate surface area is 278 Å². The van der Waals surface area contributed by atoms with Crippen molar-refractivity contribution in [3.05, 3.63) is 71.2 Å². The fourth-order valence-corrected chi connectivity index (χ4v) is 6.52. The van der Waals surface area contributed by atoms with Crippen LogP contribution in [0.2, 0.25) is 0 Å². The van der Waals surface area contributed by atoms with E-state index in [1.165, 1.54) is 16.8 Å². The van der Waals surface area contributed by atoms with Gasteiger partial charge in [-0.1, -0.05) is 50.2 Å². The summed E-state index contributed by atoms with van der Waals surface area (Å²) in [6.07, 6.45) is 5.73. The molecule has 1 amide bonds. The topological polar surface area (TPSA) is 133 Å². The van der Waals surface area contributed by atoms with Crippen molar-refractivity contribution in [1.29, 1.82) is 0 Å². The second-order valence-corrected chi connectivity index (χ2v) is 14.0. The van der Waals surface area contributed by atoms with Crippen molar-refractivity contribution in [3.8, 4) is 0 Å². The number of carbonyl (C=O) groups is 2. The molecule has 1 aromatic carbocycles. The summed E-state index contributed by atoms with van der Waals surface area (Å²) in [5.41, 5.74) is 3.41. The molecule has 0 saturated carbocycles. The summed E-state index contributed by atoms with van der Waals surface area (Å²) in [4.78, 5) is 43.9. The standard InChI is InChI=1S/C36H49N7O4/c1-24(2)20-28-32(38-21-30(34(44)45)43(36(3,4)5)35(46)47-22-25-10-7-6-8-11-25)39-23-40-33(28)42-18-15-26(16-19-42)29-14-13-27-12-9-17-37-31(27)41-29/h6-8,10-11,13-14,23-24,26,30H,9,12,15-22H2,1-5H3,(H,37,41)(H,44,45)(H,38,39,40)/t30-/m0/s1. The summed E-state index contributed by atoms with van der Waals surface area (Å²) in [6, 6.07) is 12.6. The maximum atomic E-state index is 13.4. The third kappa shape index (κ3) is 8.50. The first kappa shape index (κ1) is 33.9. The molecule has 1 atom stereocenters. The van der Waals surface area contributed by atoms with Gasteiger partial charge in [0.2, 0.25) is 0 Å². The van der Waals surface area contributed by atoms with Crippen LogP contribution in [-0.2, 0) is 29.0 Å². The molecule has 5 rings (SSSR count). The van der Waals surface area contributed by atoms with E-state index in [4.69, 9.17) is 14.7 Å². The first-order chi connectivity index (χ1) is 22.5. The van der Waals surface area contributed by atoms with E-state index in [2.05, 4.69) is 46.5 Å². The van der Waals surface area contributed by atoms with Crippen molar-refractivity contribution >= 4 is 29.5 Å². The SMILES string of the molecule is CC(C)Cc1c(NC[C@@H](C(=O)O)N(C(=O)OCc2ccccc2)C(C)(C)C)ncnc1N1CCC(c2ccc3c(n2)NCCC3)CC1. The molecule has 47 heavy (non-hydrogen) atoms. The van der Waals surface area contributed by atoms with Gasteiger partial charge in [-0.15, -0.1) is 0 Å². The minimum absolute atomic E-state index is 0.0469. The Kier molecular flexibility index (Phi) is 10.8. The Morgan fingerprint density at radius 2 is 1.85 bits per heavy atom. The highest BCUT2D eigenvalue weighted by atomic mass is 16.6. The monoisotopic (exact) mass is 643 g/mol. The Morgan fingerprint density at radius 1 is 1.11 bits per heavy atom. The molecule has 0 unspecified atom stereocenters. The number of piperidine rings is 1. The first-order valence-corrected chi connectivity index (χ1v) is 16.8. The number of anilines is 3. The van der Waals surface area contributed by atoms with Crippen molar-refractivity contribution < 1.29 is 19.4 Å². The molecule has 2 aliphatic rings. The Balaban J connectivity index is 1.31. The van der Waals surface area contributed by atoms with Crippen LogP contribution >= 0.6 is 0 Å². The number of amides is 1. The van der Waals surface area contributed by atoms with Crippen LogP contribution in [0.3, 0.4) is 0 Å². The largest absolute Gasteiger partial charge is 0.480 e. The van der Waals surface area contributed by atoms with Crippen LogP contribution in [0.5, 0.6) is 0 Å². The van der Waals surface area contributed by atoms with Crippen LogP contribution in [0.1, 0.15) is 82.2 Å². The van der Waals surface area contributed by atoms with Crippen molar-refractivity contribution in [2.75, 3.05) is 41.7 Å². The first-order valence-electron chi connectivity index (χ1n) is 16.8. The van der Waals surface area contributed by atoms with Crippen molar-refractivity contribution in [1.82, 2.24) is 19.9 Å². The maximum absolute atomic E-state index is 13.4. The van der Waals surface area contributed by atoms with E-state index in [0.29, 0.717) is 17.7 Å². The number of fused-ring (bicyclic) bond motifs is 1. The molecule has 11 heteroatoms. The summed E-state index contributed by atoms with van der Waals surface area (Å²) in [6.45, 7) is 12.4. The van der Waals surface area contributed by atoms with Crippen LogP contribution in [0.15, 0.2) is 48.8 Å². The van der Waals surface area contributed by atoms with Crippen LogP contribution in [0, 0.1) is 5.92 Å². The fourth-order valence-electron chi connectivity index (χ4n) is 6.52. The number of benzene rings is 1. The lowest BCUT2D eigenvalue weighted by molar-refractivity contribution is -0.144. The number of carboxylic acids is 1. The van der Waals surface area contributed by atoms with Gasteiger partial charge in [-0.05, 0) is 76.0 Å². The number of rotatable bonds is 11. The van der Waals surface area contributed by atoms with Gasteiger partial charge in [0.05, 0.1) is 0 Å². The van der Waals surface area contributed by atoms with E-state index in [0.717, 1.165) is 80.2 Å². The van der Waals surface area contributed by atoms with E-state index in [1.807, 2.05) is 30.3 Å². The van der Waals surface area contributed by atoms with Gasteiger partial charge in [0.15, 0.2) is 6.04 Å². The van der Waals surface area contributed by atoms with Crippen LogP contribution in [0.4, 0.5) is 22.2 Å². The summed E-state index contributed by atoms with van der Waals surface area (Å²) in [7, 11) is 0. The summed E-state index contributed by atoms with van der Waals surface area (Å²) in [5, 5.41) is 17.1. The number of nitrogens with zero attached hydrogens (tertiary/aromatic N) is 5. The average molecular weight is 644 g/mol. The molecular weight excluding hydrogens is 594 g/mol. The minimum Gasteiger partial charge on any atom is -0.480 e. The molecule has 1 fully saturated rings. The van der Waals surface area contributed by atoms with Crippen LogP contribution in [-0.4, -0.2) is 74.8 Å². The zero-order valence-electron chi connectivity index (χ0n) is 28.3. The predicted molar refractivity (Wildman–Crippen MR) is 184 cm³/mol. The lowest BCUT2D eigenvalue weighted by atomic mass is 9.91. The molecule has 0 bridgehead atoms. The van der Waals surface area contributed by atoms with E-state index in [1.54, 1.807) is 20.8 Å². The van der Waals surface area contributed by atoms with Crippen LogP contribution < -0.4 is 15.5 Å². The minimum atomic E-state index is -1.20. The van der Waals surface area contributed by atoms with Gasteiger partial charge in [-0.25, -0.2) is 24.5 Å². The van der Waals surface area contributed by atoms with Crippen molar-refractivity contribution in [2.24, 2.45) is 5.92 Å². The number of pyridine rings is 1.